The second kappa shape index (κ2) is 7.27. The molecule has 5 nitrogen and oxygen atoms in total. The summed E-state index contributed by atoms with van der Waals surface area (Å²) in [6.07, 6.45) is 1.86. The van der Waals surface area contributed by atoms with E-state index in [1.807, 2.05) is 48.5 Å². The maximum Gasteiger partial charge on any atom is 0.258 e. The van der Waals surface area contributed by atoms with Gasteiger partial charge in [0.2, 0.25) is 5.91 Å². The third kappa shape index (κ3) is 3.46. The zero-order valence-corrected chi connectivity index (χ0v) is 13.6. The van der Waals surface area contributed by atoms with E-state index in [4.69, 9.17) is 4.74 Å². The van der Waals surface area contributed by atoms with Gasteiger partial charge in [0, 0.05) is 30.6 Å². The van der Waals surface area contributed by atoms with E-state index in [0.717, 1.165) is 24.1 Å². The number of rotatable bonds is 4. The first kappa shape index (κ1) is 16.2. The summed E-state index contributed by atoms with van der Waals surface area (Å²) < 4.78 is 4.83. The van der Waals surface area contributed by atoms with Crippen LogP contribution in [0.2, 0.25) is 0 Å². The van der Waals surface area contributed by atoms with Gasteiger partial charge in [-0.05, 0) is 42.7 Å². The molecular formula is C19H20N2O3. The van der Waals surface area contributed by atoms with Crippen molar-refractivity contribution in [2.75, 3.05) is 30.5 Å². The molecule has 3 rings (SSSR count). The third-order valence-electron chi connectivity index (χ3n) is 4.03. The highest BCUT2D eigenvalue weighted by Gasteiger charge is 2.24. The van der Waals surface area contributed by atoms with Gasteiger partial charge in [-0.3, -0.25) is 9.59 Å². The Hall–Kier alpha value is -2.66. The summed E-state index contributed by atoms with van der Waals surface area (Å²) in [6.45, 7) is 0.680. The normalized spacial score (nSPS) is 13.3. The fraction of sp³-hybridized carbons (Fsp3) is 0.263. The Morgan fingerprint density at radius 1 is 1.17 bits per heavy atom. The summed E-state index contributed by atoms with van der Waals surface area (Å²) in [5.74, 6) is -0.230. The number of benzene rings is 2. The monoisotopic (exact) mass is 324 g/mol. The smallest absolute Gasteiger partial charge is 0.258 e. The lowest BCUT2D eigenvalue weighted by atomic mass is 10.00. The lowest BCUT2D eigenvalue weighted by Crippen LogP contribution is -2.35. The average Bonchev–Trinajstić information content (AvgIpc) is 2.61. The van der Waals surface area contributed by atoms with Crippen molar-refractivity contribution in [2.45, 2.75) is 12.8 Å². The van der Waals surface area contributed by atoms with Crippen LogP contribution in [-0.2, 0) is 16.0 Å². The van der Waals surface area contributed by atoms with Crippen LogP contribution in [0.25, 0.3) is 0 Å². The van der Waals surface area contributed by atoms with Gasteiger partial charge < -0.3 is 15.0 Å². The van der Waals surface area contributed by atoms with Gasteiger partial charge in [0.05, 0.1) is 0 Å². The molecule has 2 amide bonds. The van der Waals surface area contributed by atoms with Gasteiger partial charge in [0.1, 0.15) is 6.61 Å². The number of carbonyl (C=O) groups is 2. The molecule has 24 heavy (non-hydrogen) atoms. The molecule has 5 heteroatoms. The number of fused-ring (bicyclic) bond motifs is 1. The molecule has 1 N–H and O–H groups in total. The van der Waals surface area contributed by atoms with Crippen molar-refractivity contribution >= 4 is 23.2 Å². The van der Waals surface area contributed by atoms with E-state index in [0.29, 0.717) is 17.8 Å². The first-order valence-corrected chi connectivity index (χ1v) is 7.97. The average molecular weight is 324 g/mol. The van der Waals surface area contributed by atoms with E-state index in [-0.39, 0.29) is 18.4 Å². The molecule has 124 valence electrons. The van der Waals surface area contributed by atoms with Crippen molar-refractivity contribution in [3.8, 4) is 0 Å². The molecule has 0 radical (unpaired) electrons. The molecule has 2 aromatic carbocycles. The first-order valence-electron chi connectivity index (χ1n) is 7.97. The summed E-state index contributed by atoms with van der Waals surface area (Å²) >= 11 is 0. The van der Waals surface area contributed by atoms with Crippen LogP contribution in [0.1, 0.15) is 22.3 Å². The molecule has 0 saturated carbocycles. The molecule has 0 unspecified atom stereocenters. The molecule has 0 fully saturated rings. The second-order valence-electron chi connectivity index (χ2n) is 5.75. The second-order valence-corrected chi connectivity index (χ2v) is 5.75. The summed E-state index contributed by atoms with van der Waals surface area (Å²) in [5.41, 5.74) is 3.32. The number of anilines is 2. The maximum atomic E-state index is 12.8. The van der Waals surface area contributed by atoms with Gasteiger partial charge in [0.25, 0.3) is 5.91 Å². The van der Waals surface area contributed by atoms with Crippen molar-refractivity contribution in [1.82, 2.24) is 0 Å². The minimum Gasteiger partial charge on any atom is -0.375 e. The summed E-state index contributed by atoms with van der Waals surface area (Å²) in [6, 6.07) is 15.0. The molecule has 0 saturated heterocycles. The quantitative estimate of drug-likeness (QED) is 0.941. The Morgan fingerprint density at radius 2 is 1.96 bits per heavy atom. The van der Waals surface area contributed by atoms with Gasteiger partial charge in [-0.2, -0.15) is 0 Å². The van der Waals surface area contributed by atoms with Crippen LogP contribution < -0.4 is 10.2 Å². The molecule has 0 bridgehead atoms. The summed E-state index contributed by atoms with van der Waals surface area (Å²) in [4.78, 5) is 26.3. The predicted octanol–water partition coefficient (Wildman–Crippen LogP) is 2.86. The zero-order valence-electron chi connectivity index (χ0n) is 13.6. The topological polar surface area (TPSA) is 58.6 Å². The lowest BCUT2D eigenvalue weighted by molar-refractivity contribution is -0.119. The lowest BCUT2D eigenvalue weighted by Gasteiger charge is -2.30. The minimum absolute atomic E-state index is 0.00372. The van der Waals surface area contributed by atoms with Gasteiger partial charge in [-0.25, -0.2) is 0 Å². The van der Waals surface area contributed by atoms with Crippen molar-refractivity contribution in [1.29, 1.82) is 0 Å². The van der Waals surface area contributed by atoms with Crippen LogP contribution in [0, 0.1) is 0 Å². The van der Waals surface area contributed by atoms with E-state index in [1.165, 1.54) is 7.11 Å². The summed E-state index contributed by atoms with van der Waals surface area (Å²) in [5, 5.41) is 2.79. The molecule has 1 aliphatic heterocycles. The fourth-order valence-electron chi connectivity index (χ4n) is 2.93. The number of nitrogens with zero attached hydrogens (tertiary/aromatic N) is 1. The Balaban J connectivity index is 1.88. The highest BCUT2D eigenvalue weighted by Crippen LogP contribution is 2.31. The van der Waals surface area contributed by atoms with Crippen molar-refractivity contribution in [3.05, 3.63) is 59.7 Å². The maximum absolute atomic E-state index is 12.8. The SMILES string of the molecule is COCC(=O)Nc1ccc2c(c1)N(C(=O)c1ccccc1)CCC2. The van der Waals surface area contributed by atoms with Gasteiger partial charge in [0.15, 0.2) is 0 Å². The molecule has 1 aliphatic rings. The van der Waals surface area contributed by atoms with Crippen LogP contribution in [0.15, 0.2) is 48.5 Å². The van der Waals surface area contributed by atoms with Crippen LogP contribution >= 0.6 is 0 Å². The van der Waals surface area contributed by atoms with E-state index >= 15 is 0 Å². The molecule has 1 heterocycles. The Labute approximate surface area is 141 Å². The molecule has 0 atom stereocenters. The predicted molar refractivity (Wildman–Crippen MR) is 93.4 cm³/mol. The zero-order chi connectivity index (χ0) is 16.9. The molecule has 2 aromatic rings. The Bertz CT molecular complexity index is 744. The summed E-state index contributed by atoms with van der Waals surface area (Å²) in [7, 11) is 1.48. The van der Waals surface area contributed by atoms with E-state index in [9.17, 15) is 9.59 Å². The third-order valence-corrected chi connectivity index (χ3v) is 4.03. The number of hydrogen-bond acceptors (Lipinski definition) is 3. The van der Waals surface area contributed by atoms with Gasteiger partial charge in [-0.15, -0.1) is 0 Å². The largest absolute Gasteiger partial charge is 0.375 e. The highest BCUT2D eigenvalue weighted by molar-refractivity contribution is 6.07. The van der Waals surface area contributed by atoms with Crippen molar-refractivity contribution < 1.29 is 14.3 Å². The van der Waals surface area contributed by atoms with Crippen LogP contribution in [0.5, 0.6) is 0 Å². The highest BCUT2D eigenvalue weighted by atomic mass is 16.5. The Kier molecular flexibility index (Phi) is 4.91. The Morgan fingerprint density at radius 3 is 2.71 bits per heavy atom. The number of methoxy groups -OCH3 is 1. The van der Waals surface area contributed by atoms with E-state index in [2.05, 4.69) is 5.32 Å². The number of carbonyl (C=O) groups excluding carboxylic acids is 2. The van der Waals surface area contributed by atoms with E-state index in [1.54, 1.807) is 4.90 Å². The fourth-order valence-corrected chi connectivity index (χ4v) is 2.93. The molecule has 0 spiro atoms. The number of ether oxygens (including phenoxy) is 1. The molecule has 0 aromatic heterocycles. The van der Waals surface area contributed by atoms with Gasteiger partial charge in [-0.1, -0.05) is 24.3 Å². The standard InChI is InChI=1S/C19H20N2O3/c1-24-13-18(22)20-16-10-9-14-8-5-11-21(17(14)12-16)19(23)15-6-3-2-4-7-15/h2-4,6-7,9-10,12H,5,8,11,13H2,1H3,(H,20,22). The van der Waals surface area contributed by atoms with Crippen LogP contribution in [0.4, 0.5) is 11.4 Å². The molecular weight excluding hydrogens is 304 g/mol. The number of hydrogen-bond donors (Lipinski definition) is 1. The van der Waals surface area contributed by atoms with Crippen LogP contribution in [0.3, 0.4) is 0 Å². The van der Waals surface area contributed by atoms with Crippen molar-refractivity contribution in [3.63, 3.8) is 0 Å². The number of amides is 2. The van der Waals surface area contributed by atoms with Gasteiger partial charge >= 0.3 is 0 Å². The minimum atomic E-state index is -0.214. The number of aryl methyl sites for hydroxylation is 1. The van der Waals surface area contributed by atoms with Crippen LogP contribution in [-0.4, -0.2) is 32.1 Å². The van der Waals surface area contributed by atoms with Crippen molar-refractivity contribution in [2.24, 2.45) is 0 Å². The number of nitrogens with one attached hydrogen (secondary N) is 1. The molecule has 0 aliphatic carbocycles. The van der Waals surface area contributed by atoms with E-state index < -0.39 is 0 Å². The first-order chi connectivity index (χ1) is 11.7.